The Kier molecular flexibility index (Phi) is 5.03. The third-order valence-corrected chi connectivity index (χ3v) is 2.53. The van der Waals surface area contributed by atoms with Gasteiger partial charge in [-0.1, -0.05) is 23.4 Å². The molecule has 2 aromatic rings. The van der Waals surface area contributed by atoms with Gasteiger partial charge in [-0.2, -0.15) is 9.67 Å². The molecule has 0 saturated heterocycles. The van der Waals surface area contributed by atoms with Crippen molar-refractivity contribution in [2.75, 3.05) is 13.2 Å². The number of carbonyl (C=O) groups excluding carboxylic acids is 1. The van der Waals surface area contributed by atoms with Crippen LogP contribution in [-0.4, -0.2) is 40.6 Å². The van der Waals surface area contributed by atoms with E-state index in [-0.39, 0.29) is 18.1 Å². The van der Waals surface area contributed by atoms with Crippen LogP contribution < -0.4 is 0 Å². The molecule has 0 aliphatic carbocycles. The molecule has 0 atom stereocenters. The zero-order valence-electron chi connectivity index (χ0n) is 11.9. The monoisotopic (exact) mass is 288 g/mol. The molecule has 110 valence electrons. The van der Waals surface area contributed by atoms with Gasteiger partial charge in [-0.15, -0.1) is 5.10 Å². The molecule has 1 heterocycles. The van der Waals surface area contributed by atoms with Gasteiger partial charge in [0, 0.05) is 0 Å². The fraction of sp³-hybridized carbons (Fsp3) is 0.286. The second-order valence-electron chi connectivity index (χ2n) is 3.92. The van der Waals surface area contributed by atoms with Crippen LogP contribution in [0.3, 0.4) is 0 Å². The van der Waals surface area contributed by atoms with Crippen molar-refractivity contribution in [3.8, 4) is 5.69 Å². The smallest absolute Gasteiger partial charge is 0.362 e. The Balaban J connectivity index is 2.43. The van der Waals surface area contributed by atoms with E-state index in [9.17, 15) is 4.79 Å². The van der Waals surface area contributed by atoms with Gasteiger partial charge in [-0.3, -0.25) is 0 Å². The first kappa shape index (κ1) is 14.7. The molecule has 0 spiro atoms. The molecule has 0 aliphatic rings. The molecule has 7 heteroatoms. The Morgan fingerprint density at radius 2 is 2.05 bits per heavy atom. The largest absolute Gasteiger partial charge is 0.483 e. The lowest BCUT2D eigenvalue weighted by atomic mass is 10.3. The van der Waals surface area contributed by atoms with E-state index >= 15 is 0 Å². The first-order valence-corrected chi connectivity index (χ1v) is 6.60. The van der Waals surface area contributed by atoms with E-state index in [4.69, 9.17) is 9.47 Å². The van der Waals surface area contributed by atoms with Crippen LogP contribution in [0.2, 0.25) is 0 Å². The number of hydrogen-bond donors (Lipinski definition) is 0. The summed E-state index contributed by atoms with van der Waals surface area (Å²) in [7, 11) is 0. The summed E-state index contributed by atoms with van der Waals surface area (Å²) in [5, 5.41) is 7.82. The summed E-state index contributed by atoms with van der Waals surface area (Å²) in [4.78, 5) is 16.0. The van der Waals surface area contributed by atoms with Gasteiger partial charge in [0.15, 0.2) is 12.2 Å². The molecule has 1 aromatic heterocycles. The number of aliphatic imine (C=N–C) groups is 1. The van der Waals surface area contributed by atoms with Crippen molar-refractivity contribution in [1.82, 2.24) is 15.0 Å². The predicted molar refractivity (Wildman–Crippen MR) is 77.1 cm³/mol. The van der Waals surface area contributed by atoms with Gasteiger partial charge in [-0.05, 0) is 26.0 Å². The molecular formula is C14H16N4O3. The van der Waals surface area contributed by atoms with Crippen molar-refractivity contribution < 1.29 is 14.3 Å². The fourth-order valence-corrected chi connectivity index (χ4v) is 1.63. The van der Waals surface area contributed by atoms with Gasteiger partial charge >= 0.3 is 5.97 Å². The molecule has 0 bridgehead atoms. The van der Waals surface area contributed by atoms with Crippen molar-refractivity contribution in [3.05, 3.63) is 36.0 Å². The maximum Gasteiger partial charge on any atom is 0.362 e. The van der Waals surface area contributed by atoms with Gasteiger partial charge in [-0.25, -0.2) is 4.79 Å². The highest BCUT2D eigenvalue weighted by Gasteiger charge is 2.21. The Labute approximate surface area is 122 Å². The van der Waals surface area contributed by atoms with E-state index in [1.807, 2.05) is 37.3 Å². The molecule has 0 saturated carbocycles. The average Bonchev–Trinajstić information content (AvgIpc) is 2.93. The van der Waals surface area contributed by atoms with Crippen LogP contribution in [-0.2, 0) is 9.47 Å². The lowest BCUT2D eigenvalue weighted by molar-refractivity contribution is 0.0520. The number of rotatable bonds is 6. The molecule has 0 aliphatic heterocycles. The summed E-state index contributed by atoms with van der Waals surface area (Å²) in [5.74, 6) is -0.295. The minimum Gasteiger partial charge on any atom is -0.483 e. The molecule has 0 fully saturated rings. The number of hydrogen-bond acceptors (Lipinski definition) is 6. The third-order valence-electron chi connectivity index (χ3n) is 2.53. The SMILES string of the molecule is CCO/C=N/c1c(C(=O)OCC)nnn1-c1ccccc1. The lowest BCUT2D eigenvalue weighted by Crippen LogP contribution is -2.06. The Hall–Kier alpha value is -2.70. The Morgan fingerprint density at radius 3 is 2.71 bits per heavy atom. The van der Waals surface area contributed by atoms with Crippen molar-refractivity contribution in [3.63, 3.8) is 0 Å². The van der Waals surface area contributed by atoms with Crippen molar-refractivity contribution in [2.24, 2.45) is 4.99 Å². The molecule has 0 radical (unpaired) electrons. The quantitative estimate of drug-likeness (QED) is 0.462. The van der Waals surface area contributed by atoms with E-state index < -0.39 is 5.97 Å². The van der Waals surface area contributed by atoms with Crippen molar-refractivity contribution in [2.45, 2.75) is 13.8 Å². The first-order chi connectivity index (χ1) is 10.3. The number of nitrogens with zero attached hydrogens (tertiary/aromatic N) is 4. The molecule has 7 nitrogen and oxygen atoms in total. The van der Waals surface area contributed by atoms with E-state index in [0.717, 1.165) is 5.69 Å². The topological polar surface area (TPSA) is 78.6 Å². The average molecular weight is 288 g/mol. The zero-order chi connectivity index (χ0) is 15.1. The van der Waals surface area contributed by atoms with Crippen LogP contribution in [0.5, 0.6) is 0 Å². The fourth-order valence-electron chi connectivity index (χ4n) is 1.63. The second-order valence-corrected chi connectivity index (χ2v) is 3.92. The van der Waals surface area contributed by atoms with Crippen LogP contribution in [0, 0.1) is 0 Å². The van der Waals surface area contributed by atoms with Gasteiger partial charge in [0.25, 0.3) is 0 Å². The number of benzene rings is 1. The minimum absolute atomic E-state index is 0.0525. The highest BCUT2D eigenvalue weighted by Crippen LogP contribution is 2.21. The third kappa shape index (κ3) is 3.44. The number of ether oxygens (including phenoxy) is 2. The van der Waals surface area contributed by atoms with Gasteiger partial charge in [0.2, 0.25) is 5.69 Å². The highest BCUT2D eigenvalue weighted by atomic mass is 16.5. The molecule has 1 aromatic carbocycles. The Bertz CT molecular complexity index is 622. The highest BCUT2D eigenvalue weighted by molar-refractivity contribution is 5.92. The molecule has 0 unspecified atom stereocenters. The zero-order valence-corrected chi connectivity index (χ0v) is 11.9. The maximum absolute atomic E-state index is 11.9. The van der Waals surface area contributed by atoms with Crippen LogP contribution in [0.1, 0.15) is 24.3 Å². The number of esters is 1. The second kappa shape index (κ2) is 7.18. The normalized spacial score (nSPS) is 10.8. The van der Waals surface area contributed by atoms with E-state index in [1.165, 1.54) is 11.1 Å². The summed E-state index contributed by atoms with van der Waals surface area (Å²) in [6, 6.07) is 9.27. The summed E-state index contributed by atoms with van der Waals surface area (Å²) < 4.78 is 11.5. The number of carbonyl (C=O) groups is 1. The van der Waals surface area contributed by atoms with Crippen LogP contribution in [0.15, 0.2) is 35.3 Å². The Morgan fingerprint density at radius 1 is 1.29 bits per heavy atom. The molecule has 0 amide bonds. The predicted octanol–water partition coefficient (Wildman–Crippen LogP) is 2.14. The van der Waals surface area contributed by atoms with Gasteiger partial charge in [0.05, 0.1) is 18.9 Å². The van der Waals surface area contributed by atoms with Crippen LogP contribution in [0.25, 0.3) is 5.69 Å². The molecule has 0 N–H and O–H groups in total. The van der Waals surface area contributed by atoms with E-state index in [0.29, 0.717) is 6.61 Å². The first-order valence-electron chi connectivity index (χ1n) is 6.60. The lowest BCUT2D eigenvalue weighted by Gasteiger charge is -2.03. The molecule has 2 rings (SSSR count). The van der Waals surface area contributed by atoms with Gasteiger partial charge in [0.1, 0.15) is 0 Å². The van der Waals surface area contributed by atoms with E-state index in [2.05, 4.69) is 15.3 Å². The maximum atomic E-state index is 11.9. The van der Waals surface area contributed by atoms with Crippen LogP contribution in [0.4, 0.5) is 5.82 Å². The summed E-state index contributed by atoms with van der Waals surface area (Å²) in [5.41, 5.74) is 0.792. The van der Waals surface area contributed by atoms with Crippen molar-refractivity contribution >= 4 is 18.2 Å². The minimum atomic E-state index is -0.566. The summed E-state index contributed by atoms with van der Waals surface area (Å²) in [6.45, 7) is 4.30. The van der Waals surface area contributed by atoms with E-state index in [1.54, 1.807) is 6.92 Å². The standard InChI is InChI=1S/C14H16N4O3/c1-3-20-10-15-13-12(14(19)21-4-2)16-17-18(13)11-8-6-5-7-9-11/h5-10H,3-4H2,1-2H3/b15-10+. The number of para-hydroxylation sites is 1. The summed E-state index contributed by atoms with van der Waals surface area (Å²) in [6.07, 6.45) is 1.26. The number of aromatic nitrogens is 3. The summed E-state index contributed by atoms with van der Waals surface area (Å²) >= 11 is 0. The van der Waals surface area contributed by atoms with Crippen LogP contribution >= 0.6 is 0 Å². The molecule has 21 heavy (non-hydrogen) atoms. The van der Waals surface area contributed by atoms with Crippen molar-refractivity contribution in [1.29, 1.82) is 0 Å². The molecular weight excluding hydrogens is 272 g/mol. The van der Waals surface area contributed by atoms with Gasteiger partial charge < -0.3 is 9.47 Å².